The monoisotopic (exact) mass is 463 g/mol. The Balaban J connectivity index is 1.81. The van der Waals surface area contributed by atoms with Gasteiger partial charge in [-0.3, -0.25) is 0 Å². The van der Waals surface area contributed by atoms with Crippen LogP contribution in [0.5, 0.6) is 5.75 Å². The second-order valence-electron chi connectivity index (χ2n) is 9.13. The molecule has 1 aliphatic carbocycles. The number of aliphatic hydroxyl groups is 1. The van der Waals surface area contributed by atoms with Gasteiger partial charge in [-0.15, -0.1) is 11.3 Å². The van der Waals surface area contributed by atoms with Gasteiger partial charge < -0.3 is 19.7 Å². The van der Waals surface area contributed by atoms with E-state index in [9.17, 15) is 13.9 Å². The lowest BCUT2D eigenvalue weighted by Crippen LogP contribution is -2.47. The molecule has 3 unspecified atom stereocenters. The molecule has 1 fully saturated rings. The Labute approximate surface area is 189 Å². The summed E-state index contributed by atoms with van der Waals surface area (Å²) in [6.07, 6.45) is 2.81. The molecule has 2 aromatic heterocycles. The zero-order valence-corrected chi connectivity index (χ0v) is 19.1. The van der Waals surface area contributed by atoms with E-state index in [-0.39, 0.29) is 23.1 Å². The molecular formula is C23H27F2N3O3S. The zero-order valence-electron chi connectivity index (χ0n) is 18.3. The third kappa shape index (κ3) is 4.41. The van der Waals surface area contributed by atoms with E-state index < -0.39 is 11.7 Å². The summed E-state index contributed by atoms with van der Waals surface area (Å²) < 4.78 is 40.2. The molecule has 0 spiro atoms. The van der Waals surface area contributed by atoms with Crippen molar-refractivity contribution in [2.45, 2.75) is 64.1 Å². The number of nitrogens with one attached hydrogen (secondary N) is 1. The fraction of sp³-hybridized carbons (Fsp3) is 0.522. The Morgan fingerprint density at radius 2 is 2.06 bits per heavy atom. The van der Waals surface area contributed by atoms with Crippen LogP contribution in [0.2, 0.25) is 0 Å². The predicted molar refractivity (Wildman–Crippen MR) is 120 cm³/mol. The summed E-state index contributed by atoms with van der Waals surface area (Å²) >= 11 is 1.41. The van der Waals surface area contributed by atoms with E-state index in [1.807, 2.05) is 5.38 Å². The van der Waals surface area contributed by atoms with Crippen molar-refractivity contribution in [1.29, 1.82) is 5.41 Å². The van der Waals surface area contributed by atoms with Crippen LogP contribution in [0.3, 0.4) is 0 Å². The molecule has 0 radical (unpaired) electrons. The van der Waals surface area contributed by atoms with Gasteiger partial charge in [-0.1, -0.05) is 6.92 Å². The van der Waals surface area contributed by atoms with Crippen molar-refractivity contribution in [3.63, 3.8) is 0 Å². The highest BCUT2D eigenvalue weighted by Crippen LogP contribution is 2.43. The Kier molecular flexibility index (Phi) is 6.06. The molecule has 3 atom stereocenters. The number of hydrogen-bond donors (Lipinski definition) is 2. The molecule has 2 N–H and O–H groups in total. The van der Waals surface area contributed by atoms with E-state index >= 15 is 0 Å². The van der Waals surface area contributed by atoms with Gasteiger partial charge in [0, 0.05) is 17.5 Å². The van der Waals surface area contributed by atoms with Gasteiger partial charge in [0.05, 0.1) is 5.56 Å². The van der Waals surface area contributed by atoms with E-state index in [4.69, 9.17) is 14.6 Å². The zero-order chi connectivity index (χ0) is 23.1. The summed E-state index contributed by atoms with van der Waals surface area (Å²) in [5.74, 6) is 0.896. The van der Waals surface area contributed by atoms with Crippen LogP contribution in [0.1, 0.15) is 58.3 Å². The lowest BCUT2D eigenvalue weighted by Gasteiger charge is -2.28. The van der Waals surface area contributed by atoms with E-state index in [2.05, 4.69) is 16.9 Å². The summed E-state index contributed by atoms with van der Waals surface area (Å²) in [5, 5.41) is 20.1. The standard InChI is InChI=1S/C23H27F2N3O3S/c1-13-4-5-15(11-14(10-13)12-26)20-28-18-17(31-23(24,25)22(2,3)29)7-6-16(19(18)30-20)21-27-8-9-32-21/h6-9,12-15,26,29H,4-5,10-11H2,1-3H3. The highest BCUT2D eigenvalue weighted by molar-refractivity contribution is 7.13. The molecule has 0 amide bonds. The summed E-state index contributed by atoms with van der Waals surface area (Å²) in [4.78, 5) is 8.93. The Morgan fingerprint density at radius 3 is 2.72 bits per heavy atom. The first-order valence-corrected chi connectivity index (χ1v) is 11.6. The third-order valence-electron chi connectivity index (χ3n) is 6.02. The van der Waals surface area contributed by atoms with Crippen LogP contribution < -0.4 is 4.74 Å². The number of fused-ring (bicyclic) bond motifs is 1. The van der Waals surface area contributed by atoms with Gasteiger partial charge in [0.2, 0.25) is 0 Å². The number of oxazole rings is 1. The van der Waals surface area contributed by atoms with Crippen LogP contribution in [0.25, 0.3) is 21.7 Å². The molecule has 6 nitrogen and oxygen atoms in total. The fourth-order valence-electron chi connectivity index (χ4n) is 4.10. The largest absolute Gasteiger partial charge is 0.439 e. The summed E-state index contributed by atoms with van der Waals surface area (Å²) in [5.41, 5.74) is -1.21. The number of benzene rings is 1. The molecule has 0 saturated heterocycles. The van der Waals surface area contributed by atoms with Gasteiger partial charge in [-0.25, -0.2) is 9.97 Å². The minimum atomic E-state index is -3.83. The average molecular weight is 464 g/mol. The molecule has 9 heteroatoms. The van der Waals surface area contributed by atoms with Gasteiger partial charge >= 0.3 is 6.11 Å². The Bertz CT molecular complexity index is 1090. The van der Waals surface area contributed by atoms with Crippen LogP contribution in [0.15, 0.2) is 28.1 Å². The molecular weight excluding hydrogens is 436 g/mol. The van der Waals surface area contributed by atoms with E-state index in [1.165, 1.54) is 23.6 Å². The van der Waals surface area contributed by atoms with E-state index in [1.54, 1.807) is 12.3 Å². The minimum absolute atomic E-state index is 0.0225. The van der Waals surface area contributed by atoms with Crippen molar-refractivity contribution in [1.82, 2.24) is 9.97 Å². The minimum Gasteiger partial charge on any atom is -0.439 e. The van der Waals surface area contributed by atoms with Gasteiger partial charge in [0.15, 0.2) is 28.3 Å². The number of nitrogens with zero attached hydrogens (tertiary/aromatic N) is 2. The van der Waals surface area contributed by atoms with Crippen molar-refractivity contribution in [2.75, 3.05) is 0 Å². The molecule has 32 heavy (non-hydrogen) atoms. The van der Waals surface area contributed by atoms with Crippen LogP contribution in [0, 0.1) is 17.2 Å². The van der Waals surface area contributed by atoms with Gasteiger partial charge in [0.25, 0.3) is 0 Å². The first-order chi connectivity index (χ1) is 15.1. The lowest BCUT2D eigenvalue weighted by molar-refractivity contribution is -0.275. The van der Waals surface area contributed by atoms with Gasteiger partial charge in [-0.2, -0.15) is 8.78 Å². The smallest absolute Gasteiger partial charge is 0.426 e. The molecule has 3 aromatic rings. The number of rotatable bonds is 6. The molecule has 0 bridgehead atoms. The number of aromatic nitrogens is 2. The lowest BCUT2D eigenvalue weighted by atomic mass is 9.93. The summed E-state index contributed by atoms with van der Waals surface area (Å²) in [6, 6.07) is 3.04. The topological polar surface area (TPSA) is 92.2 Å². The maximum atomic E-state index is 14.5. The average Bonchev–Trinajstić information content (AvgIpc) is 3.36. The quantitative estimate of drug-likeness (QED) is 0.333. The van der Waals surface area contributed by atoms with Crippen molar-refractivity contribution < 1.29 is 23.0 Å². The number of halogens is 2. The normalized spacial score (nSPS) is 22.6. The molecule has 2 heterocycles. The second-order valence-corrected chi connectivity index (χ2v) is 10.0. The number of alkyl halides is 2. The molecule has 1 saturated carbocycles. The number of ether oxygens (including phenoxy) is 1. The maximum absolute atomic E-state index is 14.5. The van der Waals surface area contributed by atoms with Crippen LogP contribution in [0.4, 0.5) is 8.78 Å². The highest BCUT2D eigenvalue weighted by Gasteiger charge is 2.49. The first-order valence-electron chi connectivity index (χ1n) is 10.7. The van der Waals surface area contributed by atoms with E-state index in [0.717, 1.165) is 39.5 Å². The van der Waals surface area contributed by atoms with Crippen molar-refractivity contribution >= 4 is 28.7 Å². The van der Waals surface area contributed by atoms with Crippen molar-refractivity contribution in [3.8, 4) is 16.3 Å². The number of thiazole rings is 1. The van der Waals surface area contributed by atoms with Crippen LogP contribution in [-0.2, 0) is 0 Å². The fourth-order valence-corrected chi connectivity index (χ4v) is 4.77. The predicted octanol–water partition coefficient (Wildman–Crippen LogP) is 6.25. The SMILES string of the molecule is CC1CCC(c2nc3c(OC(F)(F)C(C)(C)O)ccc(-c4nccs4)c3o2)CC(C=N)C1. The number of hydrogen-bond acceptors (Lipinski definition) is 7. The van der Waals surface area contributed by atoms with Crippen LogP contribution in [-0.4, -0.2) is 33.0 Å². The summed E-state index contributed by atoms with van der Waals surface area (Å²) in [7, 11) is 0. The first kappa shape index (κ1) is 22.8. The van der Waals surface area contributed by atoms with Gasteiger partial charge in [0.1, 0.15) is 5.01 Å². The van der Waals surface area contributed by atoms with Crippen molar-refractivity contribution in [2.24, 2.45) is 11.8 Å². The van der Waals surface area contributed by atoms with Crippen LogP contribution >= 0.6 is 11.3 Å². The second kappa shape index (κ2) is 8.51. The molecule has 4 rings (SSSR count). The van der Waals surface area contributed by atoms with Gasteiger partial charge in [-0.05, 0) is 69.7 Å². The molecule has 172 valence electrons. The summed E-state index contributed by atoms with van der Waals surface area (Å²) in [6.45, 7) is 4.16. The molecule has 0 aliphatic heterocycles. The Morgan fingerprint density at radius 1 is 1.28 bits per heavy atom. The Hall–Kier alpha value is -2.39. The molecule has 1 aliphatic rings. The van der Waals surface area contributed by atoms with E-state index in [0.29, 0.717) is 28.0 Å². The van der Waals surface area contributed by atoms with Crippen molar-refractivity contribution in [3.05, 3.63) is 29.6 Å². The third-order valence-corrected chi connectivity index (χ3v) is 6.83. The highest BCUT2D eigenvalue weighted by atomic mass is 32.1. The molecule has 1 aromatic carbocycles. The maximum Gasteiger partial charge on any atom is 0.426 e.